The summed E-state index contributed by atoms with van der Waals surface area (Å²) in [6.07, 6.45) is 0.370. The van der Waals surface area contributed by atoms with Crippen molar-refractivity contribution in [3.05, 3.63) is 29.8 Å². The molecule has 0 radical (unpaired) electrons. The Bertz CT molecular complexity index is 581. The van der Waals surface area contributed by atoms with E-state index in [1.165, 1.54) is 0 Å². The molecule has 7 heteroatoms. The molecule has 1 atom stereocenters. The fraction of sp³-hybridized carbons (Fsp3) is 0.556. The highest BCUT2D eigenvalue weighted by atomic mass is 16.5. The van der Waals surface area contributed by atoms with Crippen molar-refractivity contribution in [3.8, 4) is 5.75 Å². The Morgan fingerprint density at radius 2 is 1.76 bits per heavy atom. The molecule has 25 heavy (non-hydrogen) atoms. The van der Waals surface area contributed by atoms with E-state index in [1.807, 2.05) is 24.3 Å². The molecule has 2 rings (SSSR count). The molecular weight excluding hydrogens is 322 g/mol. The first-order valence-electron chi connectivity index (χ1n) is 8.48. The summed E-state index contributed by atoms with van der Waals surface area (Å²) < 4.78 is 10.3. The first-order chi connectivity index (χ1) is 12.1. The van der Waals surface area contributed by atoms with Crippen molar-refractivity contribution >= 4 is 11.8 Å². The molecule has 1 aromatic carbocycles. The lowest BCUT2D eigenvalue weighted by Gasteiger charge is -2.35. The summed E-state index contributed by atoms with van der Waals surface area (Å²) in [6.45, 7) is 2.51. The normalized spacial score (nSPS) is 15.8. The smallest absolute Gasteiger partial charge is 0.227 e. The topological polar surface area (TPSA) is 85.1 Å². The van der Waals surface area contributed by atoms with E-state index in [4.69, 9.17) is 15.2 Å². The molecule has 2 amide bonds. The molecule has 2 N–H and O–H groups in total. The lowest BCUT2D eigenvalue weighted by molar-refractivity contribution is -0.140. The fourth-order valence-electron chi connectivity index (χ4n) is 2.86. The standard InChI is InChI=1S/C18H27N3O4/c1-24-15-5-3-4-14(10-15)11-17(22)20-6-8-21(9-7-20)18(23)12-16(13-19)25-2/h3-5,10,16H,6-9,11-13,19H2,1-2H3. The maximum atomic E-state index is 12.5. The lowest BCUT2D eigenvalue weighted by atomic mass is 10.1. The number of amides is 2. The lowest BCUT2D eigenvalue weighted by Crippen LogP contribution is -2.51. The van der Waals surface area contributed by atoms with E-state index in [2.05, 4.69) is 0 Å². The number of carbonyl (C=O) groups is 2. The van der Waals surface area contributed by atoms with Gasteiger partial charge in [0.15, 0.2) is 0 Å². The van der Waals surface area contributed by atoms with E-state index in [0.29, 0.717) is 39.1 Å². The molecule has 7 nitrogen and oxygen atoms in total. The summed E-state index contributed by atoms with van der Waals surface area (Å²) in [5.41, 5.74) is 6.48. The number of rotatable bonds is 7. The summed E-state index contributed by atoms with van der Waals surface area (Å²) in [7, 11) is 3.16. The molecule has 1 aliphatic heterocycles. The van der Waals surface area contributed by atoms with Crippen LogP contribution in [-0.4, -0.2) is 74.7 Å². The quantitative estimate of drug-likeness (QED) is 0.764. The number of hydrogen-bond donors (Lipinski definition) is 1. The second kappa shape index (κ2) is 9.39. The van der Waals surface area contributed by atoms with Gasteiger partial charge in [-0.2, -0.15) is 0 Å². The molecule has 1 unspecified atom stereocenters. The number of methoxy groups -OCH3 is 2. The Hall–Kier alpha value is -2.12. The number of hydrogen-bond acceptors (Lipinski definition) is 5. The third-order valence-corrected chi connectivity index (χ3v) is 4.47. The summed E-state index contributed by atoms with van der Waals surface area (Å²) in [5, 5.41) is 0. The Labute approximate surface area is 148 Å². The molecule has 1 saturated heterocycles. The van der Waals surface area contributed by atoms with Gasteiger partial charge < -0.3 is 25.0 Å². The first-order valence-corrected chi connectivity index (χ1v) is 8.48. The predicted molar refractivity (Wildman–Crippen MR) is 94.3 cm³/mol. The van der Waals surface area contributed by atoms with E-state index in [-0.39, 0.29) is 24.3 Å². The zero-order chi connectivity index (χ0) is 18.2. The van der Waals surface area contributed by atoms with Crippen LogP contribution in [0.4, 0.5) is 0 Å². The Morgan fingerprint density at radius 1 is 1.12 bits per heavy atom. The minimum atomic E-state index is -0.250. The van der Waals surface area contributed by atoms with Crippen LogP contribution >= 0.6 is 0 Å². The average Bonchev–Trinajstić information content (AvgIpc) is 2.66. The minimum absolute atomic E-state index is 0.0252. The summed E-state index contributed by atoms with van der Waals surface area (Å²) in [5.74, 6) is 0.836. The monoisotopic (exact) mass is 349 g/mol. The van der Waals surface area contributed by atoms with Crippen molar-refractivity contribution in [2.24, 2.45) is 5.73 Å². The third-order valence-electron chi connectivity index (χ3n) is 4.47. The van der Waals surface area contributed by atoms with Crippen LogP contribution in [0.25, 0.3) is 0 Å². The molecule has 138 valence electrons. The molecule has 0 spiro atoms. The van der Waals surface area contributed by atoms with Gasteiger partial charge in [-0.3, -0.25) is 9.59 Å². The molecule has 1 fully saturated rings. The van der Waals surface area contributed by atoms with E-state index in [0.717, 1.165) is 11.3 Å². The Morgan fingerprint density at radius 3 is 2.32 bits per heavy atom. The van der Waals surface area contributed by atoms with Crippen LogP contribution in [0.5, 0.6) is 5.75 Å². The van der Waals surface area contributed by atoms with Gasteiger partial charge in [0.2, 0.25) is 11.8 Å². The second-order valence-corrected chi connectivity index (χ2v) is 6.09. The van der Waals surface area contributed by atoms with Crippen LogP contribution in [0.15, 0.2) is 24.3 Å². The van der Waals surface area contributed by atoms with Crippen LogP contribution in [0.3, 0.4) is 0 Å². The first kappa shape index (κ1) is 19.2. The molecule has 1 aromatic rings. The summed E-state index contributed by atoms with van der Waals surface area (Å²) in [4.78, 5) is 28.3. The zero-order valence-electron chi connectivity index (χ0n) is 14.9. The summed E-state index contributed by atoms with van der Waals surface area (Å²) >= 11 is 0. The van der Waals surface area contributed by atoms with Crippen molar-refractivity contribution in [2.75, 3.05) is 46.9 Å². The van der Waals surface area contributed by atoms with E-state index in [1.54, 1.807) is 24.0 Å². The number of nitrogens with two attached hydrogens (primary N) is 1. The van der Waals surface area contributed by atoms with Crippen LogP contribution < -0.4 is 10.5 Å². The maximum Gasteiger partial charge on any atom is 0.227 e. The van der Waals surface area contributed by atoms with Crippen molar-refractivity contribution < 1.29 is 19.1 Å². The molecule has 0 bridgehead atoms. The largest absolute Gasteiger partial charge is 0.497 e. The van der Waals surface area contributed by atoms with Crippen LogP contribution in [0.2, 0.25) is 0 Å². The Kier molecular flexibility index (Phi) is 7.21. The van der Waals surface area contributed by atoms with Gasteiger partial charge in [0.1, 0.15) is 5.75 Å². The van der Waals surface area contributed by atoms with Gasteiger partial charge in [-0.05, 0) is 17.7 Å². The Balaban J connectivity index is 1.82. The van der Waals surface area contributed by atoms with E-state index < -0.39 is 0 Å². The van der Waals surface area contributed by atoms with Crippen molar-refractivity contribution in [1.82, 2.24) is 9.80 Å². The number of benzene rings is 1. The number of ether oxygens (including phenoxy) is 2. The zero-order valence-corrected chi connectivity index (χ0v) is 14.9. The molecular formula is C18H27N3O4. The van der Waals surface area contributed by atoms with Crippen molar-refractivity contribution in [3.63, 3.8) is 0 Å². The second-order valence-electron chi connectivity index (χ2n) is 6.09. The average molecular weight is 349 g/mol. The molecule has 1 aliphatic rings. The van der Waals surface area contributed by atoms with Crippen molar-refractivity contribution in [2.45, 2.75) is 18.9 Å². The van der Waals surface area contributed by atoms with E-state index >= 15 is 0 Å². The van der Waals surface area contributed by atoms with Crippen LogP contribution in [-0.2, 0) is 20.7 Å². The number of carbonyl (C=O) groups excluding carboxylic acids is 2. The fourth-order valence-corrected chi connectivity index (χ4v) is 2.86. The van der Waals surface area contributed by atoms with Gasteiger partial charge in [-0.25, -0.2) is 0 Å². The molecule has 1 heterocycles. The van der Waals surface area contributed by atoms with Gasteiger partial charge in [0, 0.05) is 39.8 Å². The molecule has 0 saturated carbocycles. The predicted octanol–water partition coefficient (Wildman–Crippen LogP) is 0.272. The van der Waals surface area contributed by atoms with Gasteiger partial charge in [-0.1, -0.05) is 12.1 Å². The number of nitrogens with zero attached hydrogens (tertiary/aromatic N) is 2. The third kappa shape index (κ3) is 5.44. The highest BCUT2D eigenvalue weighted by Gasteiger charge is 2.25. The van der Waals surface area contributed by atoms with E-state index in [9.17, 15) is 9.59 Å². The van der Waals surface area contributed by atoms with Crippen molar-refractivity contribution in [1.29, 1.82) is 0 Å². The number of piperazine rings is 1. The summed E-state index contributed by atoms with van der Waals surface area (Å²) in [6, 6.07) is 7.52. The molecule has 0 aromatic heterocycles. The van der Waals surface area contributed by atoms with Crippen LogP contribution in [0.1, 0.15) is 12.0 Å². The highest BCUT2D eigenvalue weighted by Crippen LogP contribution is 2.14. The minimum Gasteiger partial charge on any atom is -0.497 e. The van der Waals surface area contributed by atoms with Gasteiger partial charge >= 0.3 is 0 Å². The van der Waals surface area contributed by atoms with Gasteiger partial charge in [0.05, 0.1) is 26.1 Å². The van der Waals surface area contributed by atoms with Crippen LogP contribution in [0, 0.1) is 0 Å². The van der Waals surface area contributed by atoms with Gasteiger partial charge in [-0.15, -0.1) is 0 Å². The maximum absolute atomic E-state index is 12.5. The van der Waals surface area contributed by atoms with Gasteiger partial charge in [0.25, 0.3) is 0 Å². The molecule has 0 aliphatic carbocycles. The SMILES string of the molecule is COc1cccc(CC(=O)N2CCN(C(=O)CC(CN)OC)CC2)c1. The highest BCUT2D eigenvalue weighted by molar-refractivity contribution is 5.80.